The summed E-state index contributed by atoms with van der Waals surface area (Å²) in [5, 5.41) is 6.04. The summed E-state index contributed by atoms with van der Waals surface area (Å²) < 4.78 is 16.6. The molecule has 1 saturated heterocycles. The van der Waals surface area contributed by atoms with E-state index in [0.717, 1.165) is 11.1 Å². The lowest BCUT2D eigenvalue weighted by Gasteiger charge is -2.39. The molecule has 0 bridgehead atoms. The van der Waals surface area contributed by atoms with Crippen molar-refractivity contribution in [3.8, 4) is 11.5 Å². The van der Waals surface area contributed by atoms with E-state index in [1.165, 1.54) is 0 Å². The molecule has 3 unspecified atom stereocenters. The number of nitrogens with one attached hydrogen (secondary N) is 2. The van der Waals surface area contributed by atoms with Gasteiger partial charge in [-0.05, 0) is 43.0 Å². The van der Waals surface area contributed by atoms with Crippen LogP contribution in [0, 0.1) is 5.92 Å². The van der Waals surface area contributed by atoms with E-state index in [1.54, 1.807) is 26.4 Å². The van der Waals surface area contributed by atoms with Crippen LogP contribution in [-0.4, -0.2) is 38.2 Å². The molecular weight excluding hydrogens is 408 g/mol. The Kier molecular flexibility index (Phi) is 6.63. The van der Waals surface area contributed by atoms with Crippen molar-refractivity contribution in [1.29, 1.82) is 0 Å². The van der Waals surface area contributed by atoms with Crippen molar-refractivity contribution in [1.82, 2.24) is 10.6 Å². The van der Waals surface area contributed by atoms with E-state index in [-0.39, 0.29) is 29.9 Å². The van der Waals surface area contributed by atoms with E-state index >= 15 is 0 Å². The number of amides is 2. The van der Waals surface area contributed by atoms with Crippen molar-refractivity contribution >= 4 is 17.9 Å². The molecule has 3 atom stereocenters. The van der Waals surface area contributed by atoms with Gasteiger partial charge in [0.05, 0.1) is 20.3 Å². The number of hydrogen-bond acceptors (Lipinski definition) is 5. The van der Waals surface area contributed by atoms with Crippen molar-refractivity contribution in [2.75, 3.05) is 14.2 Å². The van der Waals surface area contributed by atoms with Crippen LogP contribution >= 0.6 is 0 Å². The molecule has 1 aliphatic carbocycles. The van der Waals surface area contributed by atoms with Gasteiger partial charge in [0, 0.05) is 24.1 Å². The molecule has 2 fully saturated rings. The van der Waals surface area contributed by atoms with Gasteiger partial charge in [-0.3, -0.25) is 9.59 Å². The van der Waals surface area contributed by atoms with E-state index < -0.39 is 0 Å². The van der Waals surface area contributed by atoms with Gasteiger partial charge in [-0.2, -0.15) is 0 Å². The molecule has 1 heterocycles. The Labute approximate surface area is 187 Å². The Bertz CT molecular complexity index is 1000. The Hall–Kier alpha value is -3.48. The molecular formula is C25H28N2O5. The standard InChI is InChI=1S/C25H28N2O5/c1-30-19-10-8-18(22(14-19)31-2)15-26-24(28)17-9-11-21-20(13-17)27-25(29)23(32-21)12-16-6-4-3-5-7-16/h3-8,10,12,14,17,20-21H,9,11,13,15H2,1-2H3,(H,26,28)(H,27,29)/b23-12-. The summed E-state index contributed by atoms with van der Waals surface area (Å²) in [6.07, 6.45) is 3.61. The summed E-state index contributed by atoms with van der Waals surface area (Å²) in [7, 11) is 3.19. The first kappa shape index (κ1) is 21.7. The van der Waals surface area contributed by atoms with Crippen molar-refractivity contribution in [2.24, 2.45) is 5.92 Å². The number of carbonyl (C=O) groups excluding carboxylic acids is 2. The first-order chi connectivity index (χ1) is 15.6. The van der Waals surface area contributed by atoms with Gasteiger partial charge in [-0.1, -0.05) is 30.3 Å². The zero-order chi connectivity index (χ0) is 22.5. The van der Waals surface area contributed by atoms with Gasteiger partial charge in [0.15, 0.2) is 5.76 Å². The summed E-state index contributed by atoms with van der Waals surface area (Å²) >= 11 is 0. The number of ether oxygens (including phenoxy) is 3. The highest BCUT2D eigenvalue weighted by Crippen LogP contribution is 2.32. The SMILES string of the molecule is COc1ccc(CNC(=O)C2CCC3O/C(=C\c4ccccc4)C(=O)NC3C2)c(OC)c1. The third kappa shape index (κ3) is 4.88. The van der Waals surface area contributed by atoms with Gasteiger partial charge < -0.3 is 24.8 Å². The topological polar surface area (TPSA) is 85.9 Å². The molecule has 1 aliphatic heterocycles. The van der Waals surface area contributed by atoms with Crippen molar-refractivity contribution in [3.63, 3.8) is 0 Å². The third-order valence-corrected chi connectivity index (χ3v) is 6.02. The molecule has 32 heavy (non-hydrogen) atoms. The molecule has 2 N–H and O–H groups in total. The molecule has 0 aromatic heterocycles. The van der Waals surface area contributed by atoms with E-state index in [0.29, 0.717) is 43.1 Å². The second-order valence-corrected chi connectivity index (χ2v) is 8.06. The fraction of sp³-hybridized carbons (Fsp3) is 0.360. The van der Waals surface area contributed by atoms with Gasteiger partial charge in [0.1, 0.15) is 17.6 Å². The predicted molar refractivity (Wildman–Crippen MR) is 120 cm³/mol. The van der Waals surface area contributed by atoms with Crippen LogP contribution in [0.15, 0.2) is 54.3 Å². The zero-order valence-electron chi connectivity index (χ0n) is 18.3. The lowest BCUT2D eigenvalue weighted by molar-refractivity contribution is -0.134. The average molecular weight is 437 g/mol. The fourth-order valence-corrected chi connectivity index (χ4v) is 4.25. The van der Waals surface area contributed by atoms with Gasteiger partial charge >= 0.3 is 0 Å². The van der Waals surface area contributed by atoms with Gasteiger partial charge in [-0.15, -0.1) is 0 Å². The first-order valence-electron chi connectivity index (χ1n) is 10.8. The van der Waals surface area contributed by atoms with E-state index in [2.05, 4.69) is 10.6 Å². The molecule has 2 aromatic rings. The van der Waals surface area contributed by atoms with Gasteiger partial charge in [-0.25, -0.2) is 0 Å². The summed E-state index contributed by atoms with van der Waals surface area (Å²) in [5.41, 5.74) is 1.79. The van der Waals surface area contributed by atoms with E-state index in [9.17, 15) is 9.59 Å². The smallest absolute Gasteiger partial charge is 0.286 e. The number of morpholine rings is 1. The molecule has 0 spiro atoms. The highest BCUT2D eigenvalue weighted by molar-refractivity contribution is 5.96. The van der Waals surface area contributed by atoms with Crippen molar-refractivity contribution < 1.29 is 23.8 Å². The average Bonchev–Trinajstić information content (AvgIpc) is 2.83. The fourth-order valence-electron chi connectivity index (χ4n) is 4.25. The minimum absolute atomic E-state index is 0.0267. The molecule has 2 aliphatic rings. The number of carbonyl (C=O) groups is 2. The quantitative estimate of drug-likeness (QED) is 0.680. The van der Waals surface area contributed by atoms with Crippen LogP contribution < -0.4 is 20.1 Å². The Morgan fingerprint density at radius 2 is 1.97 bits per heavy atom. The maximum absolute atomic E-state index is 12.8. The maximum Gasteiger partial charge on any atom is 0.286 e. The summed E-state index contributed by atoms with van der Waals surface area (Å²) in [6.45, 7) is 0.365. The largest absolute Gasteiger partial charge is 0.497 e. The zero-order valence-corrected chi connectivity index (χ0v) is 18.3. The predicted octanol–water partition coefficient (Wildman–Crippen LogP) is 3.04. The summed E-state index contributed by atoms with van der Waals surface area (Å²) in [5.74, 6) is 1.25. The van der Waals surface area contributed by atoms with Crippen LogP contribution in [0.2, 0.25) is 0 Å². The Morgan fingerprint density at radius 1 is 1.16 bits per heavy atom. The first-order valence-corrected chi connectivity index (χ1v) is 10.8. The molecule has 7 heteroatoms. The molecule has 168 valence electrons. The van der Waals surface area contributed by atoms with E-state index in [4.69, 9.17) is 14.2 Å². The van der Waals surface area contributed by atoms with Crippen LogP contribution in [0.5, 0.6) is 11.5 Å². The lowest BCUT2D eigenvalue weighted by atomic mass is 9.82. The minimum Gasteiger partial charge on any atom is -0.497 e. The number of benzene rings is 2. The minimum atomic E-state index is -0.237. The number of rotatable bonds is 6. The lowest BCUT2D eigenvalue weighted by Crippen LogP contribution is -2.54. The Morgan fingerprint density at radius 3 is 2.72 bits per heavy atom. The maximum atomic E-state index is 12.8. The van der Waals surface area contributed by atoms with Crippen LogP contribution in [0.1, 0.15) is 30.4 Å². The molecule has 1 saturated carbocycles. The Balaban J connectivity index is 1.34. The molecule has 7 nitrogen and oxygen atoms in total. The molecule has 4 rings (SSSR count). The van der Waals surface area contributed by atoms with Crippen molar-refractivity contribution in [2.45, 2.75) is 38.0 Å². The van der Waals surface area contributed by atoms with Crippen LogP contribution in [0.25, 0.3) is 6.08 Å². The van der Waals surface area contributed by atoms with Gasteiger partial charge in [0.25, 0.3) is 5.91 Å². The molecule has 0 radical (unpaired) electrons. The number of fused-ring (bicyclic) bond motifs is 1. The summed E-state index contributed by atoms with van der Waals surface area (Å²) in [6, 6.07) is 15.0. The second-order valence-electron chi connectivity index (χ2n) is 8.06. The summed E-state index contributed by atoms with van der Waals surface area (Å²) in [4.78, 5) is 25.3. The van der Waals surface area contributed by atoms with Crippen molar-refractivity contribution in [3.05, 3.63) is 65.4 Å². The van der Waals surface area contributed by atoms with Crippen LogP contribution in [-0.2, 0) is 20.9 Å². The molecule has 2 aromatic carbocycles. The normalized spacial score (nSPS) is 23.5. The monoisotopic (exact) mass is 436 g/mol. The highest BCUT2D eigenvalue weighted by atomic mass is 16.5. The third-order valence-electron chi connectivity index (χ3n) is 6.02. The van der Waals surface area contributed by atoms with Crippen LogP contribution in [0.3, 0.4) is 0 Å². The highest BCUT2D eigenvalue weighted by Gasteiger charge is 2.40. The van der Waals surface area contributed by atoms with Crippen LogP contribution in [0.4, 0.5) is 0 Å². The molecule has 2 amide bonds. The number of methoxy groups -OCH3 is 2. The number of hydrogen-bond donors (Lipinski definition) is 2. The van der Waals surface area contributed by atoms with Gasteiger partial charge in [0.2, 0.25) is 5.91 Å². The second kappa shape index (κ2) is 9.77. The van der Waals surface area contributed by atoms with E-state index in [1.807, 2.05) is 42.5 Å².